The number of nitrogens with one attached hydrogen (secondary N) is 1. The number of ether oxygens (including phenoxy) is 1. The maximum atomic E-state index is 12.7. The van der Waals surface area contributed by atoms with Crippen LogP contribution in [0.3, 0.4) is 0 Å². The number of hydrogen-bond donors (Lipinski definition) is 1. The third-order valence-corrected chi connectivity index (χ3v) is 4.65. The Morgan fingerprint density at radius 2 is 2.31 bits per heavy atom. The molecular weight excluding hydrogens is 334 g/mol. The van der Waals surface area contributed by atoms with Gasteiger partial charge in [-0.3, -0.25) is 14.3 Å². The molecule has 0 unspecified atom stereocenters. The molecule has 2 aromatic rings. The predicted octanol–water partition coefficient (Wildman–Crippen LogP) is 0.462. The number of H-pyrrole nitrogens is 1. The van der Waals surface area contributed by atoms with Crippen LogP contribution in [0.5, 0.6) is 0 Å². The fourth-order valence-electron chi connectivity index (χ4n) is 3.34. The van der Waals surface area contributed by atoms with Gasteiger partial charge in [0.2, 0.25) is 5.91 Å². The Kier molecular flexibility index (Phi) is 5.82. The lowest BCUT2D eigenvalue weighted by Crippen LogP contribution is -2.36. The van der Waals surface area contributed by atoms with Crippen molar-refractivity contribution in [2.24, 2.45) is 13.0 Å². The summed E-state index contributed by atoms with van der Waals surface area (Å²) in [4.78, 5) is 32.7. The van der Waals surface area contributed by atoms with E-state index in [1.807, 2.05) is 25.1 Å². The predicted molar refractivity (Wildman–Crippen MR) is 95.7 cm³/mol. The Balaban J connectivity index is 1.58. The van der Waals surface area contributed by atoms with E-state index in [-0.39, 0.29) is 17.4 Å². The zero-order valence-electron chi connectivity index (χ0n) is 15.3. The van der Waals surface area contributed by atoms with E-state index in [2.05, 4.69) is 15.1 Å². The van der Waals surface area contributed by atoms with E-state index in [0.717, 1.165) is 17.0 Å². The lowest BCUT2D eigenvalue weighted by molar-refractivity contribution is -0.131. The van der Waals surface area contributed by atoms with Crippen molar-refractivity contribution in [2.45, 2.75) is 26.2 Å². The summed E-state index contributed by atoms with van der Waals surface area (Å²) in [6.07, 6.45) is 5.15. The summed E-state index contributed by atoms with van der Waals surface area (Å²) in [5, 5.41) is 4.32. The van der Waals surface area contributed by atoms with Crippen molar-refractivity contribution in [2.75, 3.05) is 26.3 Å². The molecule has 8 nitrogen and oxygen atoms in total. The minimum Gasteiger partial charge on any atom is -0.379 e. The van der Waals surface area contributed by atoms with Gasteiger partial charge in [-0.25, -0.2) is 4.98 Å². The van der Waals surface area contributed by atoms with Gasteiger partial charge >= 0.3 is 0 Å². The maximum Gasteiger partial charge on any atom is 0.250 e. The first-order chi connectivity index (χ1) is 12.5. The minimum atomic E-state index is -0.163. The number of amides is 1. The largest absolute Gasteiger partial charge is 0.379 e. The lowest BCUT2D eigenvalue weighted by atomic mass is 10.0. The molecule has 3 heterocycles. The second kappa shape index (κ2) is 8.27. The summed E-state index contributed by atoms with van der Waals surface area (Å²) in [5.41, 5.74) is 2.64. The van der Waals surface area contributed by atoms with Crippen LogP contribution in [0, 0.1) is 12.8 Å². The van der Waals surface area contributed by atoms with Crippen molar-refractivity contribution in [3.05, 3.63) is 45.9 Å². The van der Waals surface area contributed by atoms with E-state index in [1.54, 1.807) is 4.68 Å². The van der Waals surface area contributed by atoms with E-state index >= 15 is 0 Å². The highest BCUT2D eigenvalue weighted by Crippen LogP contribution is 2.14. The van der Waals surface area contributed by atoms with Crippen molar-refractivity contribution in [3.8, 4) is 0 Å². The van der Waals surface area contributed by atoms with E-state index < -0.39 is 0 Å². The molecule has 1 saturated heterocycles. The molecule has 1 N–H and O–H groups in total. The standard InChI is InChI=1S/C18H25N5O3/c1-13-15(10-22(2)21-13)3-4-18(25)23-5-6-26-11-14(9-23)7-16-8-17(24)20-12-19-16/h8,10,12,14H,3-7,9,11H2,1-2H3,(H,19,20,24)/t14-/m1/s1. The molecule has 1 amide bonds. The average Bonchev–Trinajstić information content (AvgIpc) is 2.79. The third-order valence-electron chi connectivity index (χ3n) is 4.65. The Labute approximate surface area is 152 Å². The van der Waals surface area contributed by atoms with E-state index in [1.165, 1.54) is 12.4 Å². The molecule has 0 radical (unpaired) electrons. The highest BCUT2D eigenvalue weighted by molar-refractivity contribution is 5.76. The van der Waals surface area contributed by atoms with Crippen molar-refractivity contribution in [1.29, 1.82) is 0 Å². The molecular formula is C18H25N5O3. The molecule has 2 aromatic heterocycles. The van der Waals surface area contributed by atoms with Crippen LogP contribution in [0.15, 0.2) is 23.4 Å². The number of aryl methyl sites for hydroxylation is 3. The number of rotatable bonds is 5. The van der Waals surface area contributed by atoms with Crippen molar-refractivity contribution >= 4 is 5.91 Å². The van der Waals surface area contributed by atoms with Crippen molar-refractivity contribution in [3.63, 3.8) is 0 Å². The van der Waals surface area contributed by atoms with Gasteiger partial charge in [-0.05, 0) is 25.3 Å². The number of carbonyl (C=O) groups is 1. The van der Waals surface area contributed by atoms with Gasteiger partial charge in [-0.2, -0.15) is 5.10 Å². The molecule has 0 bridgehead atoms. The zero-order chi connectivity index (χ0) is 18.5. The molecule has 8 heteroatoms. The molecule has 140 valence electrons. The Morgan fingerprint density at radius 1 is 1.46 bits per heavy atom. The summed E-state index contributed by atoms with van der Waals surface area (Å²) < 4.78 is 7.43. The number of aromatic amines is 1. The van der Waals surface area contributed by atoms with Gasteiger partial charge < -0.3 is 14.6 Å². The summed E-state index contributed by atoms with van der Waals surface area (Å²) in [7, 11) is 1.89. The maximum absolute atomic E-state index is 12.7. The van der Waals surface area contributed by atoms with Crippen LogP contribution in [0.4, 0.5) is 0 Å². The molecule has 3 rings (SSSR count). The first kappa shape index (κ1) is 18.3. The van der Waals surface area contributed by atoms with Crippen LogP contribution >= 0.6 is 0 Å². The van der Waals surface area contributed by atoms with E-state index in [9.17, 15) is 9.59 Å². The second-order valence-corrected chi connectivity index (χ2v) is 6.80. The summed E-state index contributed by atoms with van der Waals surface area (Å²) in [6, 6.07) is 1.50. The Morgan fingerprint density at radius 3 is 3.04 bits per heavy atom. The molecule has 1 aliphatic rings. The van der Waals surface area contributed by atoms with Crippen LogP contribution in [0.2, 0.25) is 0 Å². The topological polar surface area (TPSA) is 93.1 Å². The van der Waals surface area contributed by atoms with Gasteiger partial charge in [0.25, 0.3) is 5.56 Å². The lowest BCUT2D eigenvalue weighted by Gasteiger charge is -2.23. The summed E-state index contributed by atoms with van der Waals surface area (Å²) >= 11 is 0. The van der Waals surface area contributed by atoms with Crippen LogP contribution in [-0.2, 0) is 29.4 Å². The van der Waals surface area contributed by atoms with Crippen LogP contribution in [-0.4, -0.2) is 56.9 Å². The van der Waals surface area contributed by atoms with Crippen molar-refractivity contribution in [1.82, 2.24) is 24.6 Å². The number of hydrogen-bond acceptors (Lipinski definition) is 5. The van der Waals surface area contributed by atoms with Gasteiger partial charge in [0, 0.05) is 50.4 Å². The highest BCUT2D eigenvalue weighted by atomic mass is 16.5. The molecule has 0 aromatic carbocycles. The van der Waals surface area contributed by atoms with E-state index in [0.29, 0.717) is 45.6 Å². The molecule has 0 aliphatic carbocycles. The molecule has 0 spiro atoms. The van der Waals surface area contributed by atoms with Gasteiger partial charge in [-0.1, -0.05) is 0 Å². The van der Waals surface area contributed by atoms with Crippen LogP contribution in [0.25, 0.3) is 0 Å². The third kappa shape index (κ3) is 4.78. The zero-order valence-corrected chi connectivity index (χ0v) is 15.3. The SMILES string of the molecule is Cc1nn(C)cc1CCC(=O)N1CCOC[C@H](Cc2cc(=O)[nH]cn2)C1. The van der Waals surface area contributed by atoms with Crippen LogP contribution < -0.4 is 5.56 Å². The monoisotopic (exact) mass is 359 g/mol. The average molecular weight is 359 g/mol. The van der Waals surface area contributed by atoms with Crippen molar-refractivity contribution < 1.29 is 9.53 Å². The molecule has 26 heavy (non-hydrogen) atoms. The Hall–Kier alpha value is -2.48. The number of nitrogens with zero attached hydrogens (tertiary/aromatic N) is 4. The molecule has 1 atom stereocenters. The van der Waals surface area contributed by atoms with Gasteiger partial charge in [0.1, 0.15) is 0 Å². The van der Waals surface area contributed by atoms with Gasteiger partial charge in [-0.15, -0.1) is 0 Å². The van der Waals surface area contributed by atoms with E-state index in [4.69, 9.17) is 4.74 Å². The number of carbonyl (C=O) groups excluding carboxylic acids is 1. The van der Waals surface area contributed by atoms with Gasteiger partial charge in [0.15, 0.2) is 0 Å². The van der Waals surface area contributed by atoms with Gasteiger partial charge in [0.05, 0.1) is 25.2 Å². The quantitative estimate of drug-likeness (QED) is 0.837. The second-order valence-electron chi connectivity index (χ2n) is 6.80. The normalized spacial score (nSPS) is 17.9. The Bertz CT molecular complexity index is 813. The minimum absolute atomic E-state index is 0.127. The first-order valence-corrected chi connectivity index (χ1v) is 8.89. The first-order valence-electron chi connectivity index (χ1n) is 8.89. The molecule has 1 fully saturated rings. The molecule has 0 saturated carbocycles. The fraction of sp³-hybridized carbons (Fsp3) is 0.556. The molecule has 1 aliphatic heterocycles. The number of aromatic nitrogens is 4. The summed E-state index contributed by atoms with van der Waals surface area (Å²) in [6.45, 7) is 4.30. The van der Waals surface area contributed by atoms with Crippen LogP contribution in [0.1, 0.15) is 23.4 Å². The fourth-order valence-corrected chi connectivity index (χ4v) is 3.34. The smallest absolute Gasteiger partial charge is 0.250 e. The summed E-state index contributed by atoms with van der Waals surface area (Å²) in [5.74, 6) is 0.262. The highest BCUT2D eigenvalue weighted by Gasteiger charge is 2.23.